The lowest BCUT2D eigenvalue weighted by atomic mass is 9.96. The predicted octanol–water partition coefficient (Wildman–Crippen LogP) is 3.60. The second kappa shape index (κ2) is 5.35. The van der Waals surface area contributed by atoms with Gasteiger partial charge in [0.15, 0.2) is 0 Å². The fraction of sp³-hybridized carbons (Fsp3) is 0.412. The Morgan fingerprint density at radius 1 is 1.19 bits per heavy atom. The molecule has 112 valence electrons. The van der Waals surface area contributed by atoms with Gasteiger partial charge in [0.25, 0.3) is 0 Å². The van der Waals surface area contributed by atoms with Crippen molar-refractivity contribution in [2.45, 2.75) is 46.0 Å². The predicted molar refractivity (Wildman–Crippen MR) is 85.3 cm³/mol. The highest BCUT2D eigenvalue weighted by Crippen LogP contribution is 2.31. The molecule has 2 aromatic rings. The molecule has 0 saturated carbocycles. The number of hydrogen-bond donors (Lipinski definition) is 2. The molecule has 3 N–H and O–H groups in total. The Kier molecular flexibility index (Phi) is 3.90. The molecule has 0 fully saturated rings. The number of carbonyl (C=O) groups is 1. The molecule has 0 unspecified atom stereocenters. The number of primary amides is 1. The lowest BCUT2D eigenvalue weighted by molar-refractivity contribution is 0.100. The SMILES string of the molecule is CC(C)c1[nH]c(C(C)(C)C)nc1-c1ccc(C(N)=O)cc1. The van der Waals surface area contributed by atoms with E-state index in [1.807, 2.05) is 12.1 Å². The molecule has 21 heavy (non-hydrogen) atoms. The molecule has 2 rings (SSSR count). The van der Waals surface area contributed by atoms with Gasteiger partial charge >= 0.3 is 0 Å². The van der Waals surface area contributed by atoms with E-state index in [0.717, 1.165) is 22.8 Å². The first-order valence-electron chi connectivity index (χ1n) is 7.20. The first kappa shape index (κ1) is 15.3. The van der Waals surface area contributed by atoms with Gasteiger partial charge in [-0.05, 0) is 18.1 Å². The first-order valence-corrected chi connectivity index (χ1v) is 7.20. The zero-order valence-electron chi connectivity index (χ0n) is 13.3. The van der Waals surface area contributed by atoms with Gasteiger partial charge in [0, 0.05) is 22.2 Å². The average molecular weight is 285 g/mol. The molecule has 1 heterocycles. The van der Waals surface area contributed by atoms with Crippen LogP contribution in [0.5, 0.6) is 0 Å². The van der Waals surface area contributed by atoms with Crippen molar-refractivity contribution in [3.8, 4) is 11.3 Å². The minimum Gasteiger partial charge on any atom is -0.366 e. The highest BCUT2D eigenvalue weighted by Gasteiger charge is 2.22. The summed E-state index contributed by atoms with van der Waals surface area (Å²) in [4.78, 5) is 19.4. The fourth-order valence-electron chi connectivity index (χ4n) is 2.17. The van der Waals surface area contributed by atoms with Crippen LogP contribution in [0.25, 0.3) is 11.3 Å². The Bertz CT molecular complexity index is 646. The molecule has 0 spiro atoms. The van der Waals surface area contributed by atoms with Crippen molar-refractivity contribution >= 4 is 5.91 Å². The molecule has 0 atom stereocenters. The maximum atomic E-state index is 11.2. The Labute approximate surface area is 125 Å². The largest absolute Gasteiger partial charge is 0.366 e. The lowest BCUT2D eigenvalue weighted by Gasteiger charge is -2.14. The summed E-state index contributed by atoms with van der Waals surface area (Å²) in [6.45, 7) is 10.7. The van der Waals surface area contributed by atoms with Crippen LogP contribution in [0.2, 0.25) is 0 Å². The van der Waals surface area contributed by atoms with E-state index >= 15 is 0 Å². The Balaban J connectivity index is 2.51. The molecule has 4 nitrogen and oxygen atoms in total. The maximum Gasteiger partial charge on any atom is 0.248 e. The summed E-state index contributed by atoms with van der Waals surface area (Å²) >= 11 is 0. The van der Waals surface area contributed by atoms with Crippen LogP contribution in [-0.4, -0.2) is 15.9 Å². The van der Waals surface area contributed by atoms with Crippen molar-refractivity contribution in [3.05, 3.63) is 41.3 Å². The second-order valence-corrected chi connectivity index (χ2v) is 6.69. The van der Waals surface area contributed by atoms with Crippen LogP contribution in [-0.2, 0) is 5.41 Å². The molecule has 1 aromatic carbocycles. The highest BCUT2D eigenvalue weighted by molar-refractivity contribution is 5.93. The van der Waals surface area contributed by atoms with Gasteiger partial charge in [0.05, 0.1) is 5.69 Å². The molecule has 1 amide bonds. The van der Waals surface area contributed by atoms with E-state index in [2.05, 4.69) is 39.6 Å². The third kappa shape index (κ3) is 3.15. The standard InChI is InChI=1S/C17H23N3O/c1-10(2)13-14(20-16(19-13)17(3,4)5)11-6-8-12(9-7-11)15(18)21/h6-10H,1-5H3,(H2,18,21)(H,19,20). The van der Waals surface area contributed by atoms with Gasteiger partial charge in [-0.15, -0.1) is 0 Å². The summed E-state index contributed by atoms with van der Waals surface area (Å²) < 4.78 is 0. The number of H-pyrrole nitrogens is 1. The van der Waals surface area contributed by atoms with Crippen molar-refractivity contribution in [1.29, 1.82) is 0 Å². The molecule has 0 saturated heterocycles. The summed E-state index contributed by atoms with van der Waals surface area (Å²) in [7, 11) is 0. The Hall–Kier alpha value is -2.10. The Morgan fingerprint density at radius 2 is 1.76 bits per heavy atom. The number of nitrogens with zero attached hydrogens (tertiary/aromatic N) is 1. The van der Waals surface area contributed by atoms with Gasteiger partial charge in [-0.2, -0.15) is 0 Å². The lowest BCUT2D eigenvalue weighted by Crippen LogP contribution is -2.13. The van der Waals surface area contributed by atoms with Crippen molar-refractivity contribution in [2.24, 2.45) is 5.73 Å². The summed E-state index contributed by atoms with van der Waals surface area (Å²) in [6.07, 6.45) is 0. The quantitative estimate of drug-likeness (QED) is 0.904. The highest BCUT2D eigenvalue weighted by atomic mass is 16.1. The topological polar surface area (TPSA) is 71.8 Å². The molecule has 0 aliphatic rings. The number of benzene rings is 1. The van der Waals surface area contributed by atoms with Crippen LogP contribution in [0.15, 0.2) is 24.3 Å². The summed E-state index contributed by atoms with van der Waals surface area (Å²) in [5, 5.41) is 0. The van der Waals surface area contributed by atoms with Crippen molar-refractivity contribution in [1.82, 2.24) is 9.97 Å². The van der Waals surface area contributed by atoms with Crippen LogP contribution in [0.3, 0.4) is 0 Å². The number of nitrogens with one attached hydrogen (secondary N) is 1. The van der Waals surface area contributed by atoms with Crippen molar-refractivity contribution < 1.29 is 4.79 Å². The van der Waals surface area contributed by atoms with Gasteiger partial charge in [-0.1, -0.05) is 46.8 Å². The number of aromatic nitrogens is 2. The van der Waals surface area contributed by atoms with Gasteiger partial charge in [0.2, 0.25) is 5.91 Å². The number of imidazole rings is 1. The molecular formula is C17H23N3O. The van der Waals surface area contributed by atoms with Crippen LogP contribution in [0.4, 0.5) is 0 Å². The van der Waals surface area contributed by atoms with Gasteiger partial charge < -0.3 is 10.7 Å². The summed E-state index contributed by atoms with van der Waals surface area (Å²) in [6, 6.07) is 7.28. The number of nitrogens with two attached hydrogens (primary N) is 1. The van der Waals surface area contributed by atoms with Crippen LogP contribution in [0, 0.1) is 0 Å². The number of hydrogen-bond acceptors (Lipinski definition) is 2. The van der Waals surface area contributed by atoms with Crippen LogP contribution >= 0.6 is 0 Å². The Morgan fingerprint density at radius 3 is 2.19 bits per heavy atom. The molecular weight excluding hydrogens is 262 g/mol. The molecule has 0 bridgehead atoms. The van der Waals surface area contributed by atoms with E-state index in [-0.39, 0.29) is 5.41 Å². The zero-order chi connectivity index (χ0) is 15.8. The number of aromatic amines is 1. The smallest absolute Gasteiger partial charge is 0.248 e. The minimum atomic E-state index is -0.414. The van der Waals surface area contributed by atoms with E-state index in [1.54, 1.807) is 12.1 Å². The van der Waals surface area contributed by atoms with Gasteiger partial charge in [0.1, 0.15) is 5.82 Å². The second-order valence-electron chi connectivity index (χ2n) is 6.69. The van der Waals surface area contributed by atoms with Crippen molar-refractivity contribution in [2.75, 3.05) is 0 Å². The molecule has 4 heteroatoms. The van der Waals surface area contributed by atoms with E-state index in [1.165, 1.54) is 0 Å². The summed E-state index contributed by atoms with van der Waals surface area (Å²) in [5.41, 5.74) is 8.82. The van der Waals surface area contributed by atoms with E-state index in [4.69, 9.17) is 10.7 Å². The van der Waals surface area contributed by atoms with Crippen LogP contribution < -0.4 is 5.73 Å². The van der Waals surface area contributed by atoms with E-state index in [0.29, 0.717) is 11.5 Å². The molecule has 0 aliphatic heterocycles. The maximum absolute atomic E-state index is 11.2. The minimum absolute atomic E-state index is 0.0327. The fourth-order valence-corrected chi connectivity index (χ4v) is 2.17. The van der Waals surface area contributed by atoms with E-state index in [9.17, 15) is 4.79 Å². The van der Waals surface area contributed by atoms with Crippen LogP contribution in [0.1, 0.15) is 62.4 Å². The molecule has 0 aliphatic carbocycles. The first-order chi connectivity index (χ1) is 9.70. The molecule has 0 radical (unpaired) electrons. The average Bonchev–Trinajstić information content (AvgIpc) is 2.83. The third-order valence-electron chi connectivity index (χ3n) is 3.46. The zero-order valence-corrected chi connectivity index (χ0v) is 13.3. The number of amides is 1. The number of carbonyl (C=O) groups excluding carboxylic acids is 1. The van der Waals surface area contributed by atoms with E-state index < -0.39 is 5.91 Å². The third-order valence-corrected chi connectivity index (χ3v) is 3.46. The van der Waals surface area contributed by atoms with Gasteiger partial charge in [-0.3, -0.25) is 4.79 Å². The van der Waals surface area contributed by atoms with Gasteiger partial charge in [-0.25, -0.2) is 4.98 Å². The normalized spacial score (nSPS) is 11.9. The number of rotatable bonds is 3. The molecule has 1 aromatic heterocycles. The summed E-state index contributed by atoms with van der Waals surface area (Å²) in [5.74, 6) is 0.905. The monoisotopic (exact) mass is 285 g/mol. The van der Waals surface area contributed by atoms with Crippen molar-refractivity contribution in [3.63, 3.8) is 0 Å².